The molecule has 0 fully saturated rings. The Balaban J connectivity index is 0.000000151. The lowest BCUT2D eigenvalue weighted by molar-refractivity contribution is 0.111. The fraction of sp³-hybridized carbons (Fsp3) is 0. The van der Waals surface area contributed by atoms with Crippen molar-refractivity contribution in [1.82, 2.24) is 0 Å². The SMILES string of the molecule is O=Cc1coc2cc3ccccc3cc2c1=O.O=Cc1coc2ccccc2c1=O. The van der Waals surface area contributed by atoms with Crippen LogP contribution in [0.15, 0.2) is 91.6 Å². The molecule has 0 bridgehead atoms. The van der Waals surface area contributed by atoms with E-state index in [1.165, 1.54) is 12.5 Å². The zero-order valence-corrected chi connectivity index (χ0v) is 15.5. The molecule has 6 heteroatoms. The topological polar surface area (TPSA) is 94.6 Å². The van der Waals surface area contributed by atoms with E-state index in [2.05, 4.69) is 0 Å². The molecule has 30 heavy (non-hydrogen) atoms. The first-order valence-electron chi connectivity index (χ1n) is 8.97. The minimum absolute atomic E-state index is 0.0489. The van der Waals surface area contributed by atoms with E-state index in [0.29, 0.717) is 34.5 Å². The van der Waals surface area contributed by atoms with E-state index >= 15 is 0 Å². The maximum atomic E-state index is 11.9. The van der Waals surface area contributed by atoms with Gasteiger partial charge in [-0.1, -0.05) is 36.4 Å². The third-order valence-electron chi connectivity index (χ3n) is 4.63. The number of benzene rings is 3. The Morgan fingerprint density at radius 3 is 1.80 bits per heavy atom. The van der Waals surface area contributed by atoms with Crippen LogP contribution in [-0.4, -0.2) is 12.6 Å². The minimum Gasteiger partial charge on any atom is -0.463 e. The first-order chi connectivity index (χ1) is 14.6. The third-order valence-corrected chi connectivity index (χ3v) is 4.63. The van der Waals surface area contributed by atoms with Gasteiger partial charge in [0, 0.05) is 0 Å². The predicted octanol–water partition coefficient (Wildman–Crippen LogP) is 4.36. The van der Waals surface area contributed by atoms with Crippen LogP contribution in [0.1, 0.15) is 20.7 Å². The van der Waals surface area contributed by atoms with Crippen LogP contribution < -0.4 is 10.9 Å². The molecule has 0 amide bonds. The van der Waals surface area contributed by atoms with Crippen LogP contribution in [0.3, 0.4) is 0 Å². The van der Waals surface area contributed by atoms with Gasteiger partial charge in [-0.2, -0.15) is 0 Å². The normalized spacial score (nSPS) is 10.5. The second-order valence-electron chi connectivity index (χ2n) is 6.47. The molecular formula is C24H14O6. The lowest BCUT2D eigenvalue weighted by Gasteiger charge is -2.01. The van der Waals surface area contributed by atoms with Gasteiger partial charge in [0.1, 0.15) is 23.7 Å². The lowest BCUT2D eigenvalue weighted by Crippen LogP contribution is -2.07. The quantitative estimate of drug-likeness (QED) is 0.324. The molecule has 2 aromatic heterocycles. The Hall–Kier alpha value is -4.32. The van der Waals surface area contributed by atoms with Gasteiger partial charge in [0.05, 0.1) is 21.9 Å². The number of hydrogen-bond donors (Lipinski definition) is 0. The maximum absolute atomic E-state index is 11.9. The fourth-order valence-electron chi connectivity index (χ4n) is 3.09. The largest absolute Gasteiger partial charge is 0.463 e. The summed E-state index contributed by atoms with van der Waals surface area (Å²) < 4.78 is 10.4. The van der Waals surface area contributed by atoms with Crippen molar-refractivity contribution in [1.29, 1.82) is 0 Å². The van der Waals surface area contributed by atoms with Crippen LogP contribution in [0.2, 0.25) is 0 Å². The highest BCUT2D eigenvalue weighted by molar-refractivity contribution is 5.96. The first kappa shape index (κ1) is 19.0. The van der Waals surface area contributed by atoms with Crippen molar-refractivity contribution in [3.63, 3.8) is 0 Å². The molecule has 0 N–H and O–H groups in total. The monoisotopic (exact) mass is 398 g/mol. The van der Waals surface area contributed by atoms with E-state index in [4.69, 9.17) is 8.83 Å². The van der Waals surface area contributed by atoms with Crippen molar-refractivity contribution >= 4 is 45.3 Å². The number of hydrogen-bond acceptors (Lipinski definition) is 6. The van der Waals surface area contributed by atoms with Crippen molar-refractivity contribution in [2.24, 2.45) is 0 Å². The molecule has 0 spiro atoms. The molecule has 6 nitrogen and oxygen atoms in total. The van der Waals surface area contributed by atoms with Crippen LogP contribution in [0.4, 0.5) is 0 Å². The molecule has 0 aliphatic rings. The van der Waals surface area contributed by atoms with E-state index < -0.39 is 0 Å². The molecule has 0 saturated heterocycles. The number of carbonyl (C=O) groups excluding carboxylic acids is 2. The number of carbonyl (C=O) groups is 2. The van der Waals surface area contributed by atoms with Crippen molar-refractivity contribution in [2.45, 2.75) is 0 Å². The second-order valence-corrected chi connectivity index (χ2v) is 6.47. The Bertz CT molecular complexity index is 1520. The number of aldehydes is 2. The average Bonchev–Trinajstić information content (AvgIpc) is 2.79. The Morgan fingerprint density at radius 1 is 0.600 bits per heavy atom. The molecule has 0 unspecified atom stereocenters. The van der Waals surface area contributed by atoms with E-state index in [9.17, 15) is 19.2 Å². The van der Waals surface area contributed by atoms with Crippen LogP contribution in [0.25, 0.3) is 32.7 Å². The summed E-state index contributed by atoms with van der Waals surface area (Å²) in [6.07, 6.45) is 3.39. The number of para-hydroxylation sites is 1. The second kappa shape index (κ2) is 7.97. The van der Waals surface area contributed by atoms with E-state index in [1.54, 1.807) is 36.4 Å². The standard InChI is InChI=1S/C14H8O3.C10H6O3/c15-7-11-8-17-13-6-10-4-2-1-3-9(10)5-12(13)14(11)16;11-5-7-6-13-9-4-2-1-3-8(9)10(7)12/h1-8H;1-6H. The Morgan fingerprint density at radius 2 is 1.13 bits per heavy atom. The molecule has 0 aliphatic carbocycles. The van der Waals surface area contributed by atoms with E-state index in [1.807, 2.05) is 24.3 Å². The van der Waals surface area contributed by atoms with E-state index in [0.717, 1.165) is 10.8 Å². The van der Waals surface area contributed by atoms with Gasteiger partial charge in [0.2, 0.25) is 10.9 Å². The summed E-state index contributed by atoms with van der Waals surface area (Å²) in [5.74, 6) is 0. The van der Waals surface area contributed by atoms with Gasteiger partial charge in [-0.15, -0.1) is 0 Å². The summed E-state index contributed by atoms with van der Waals surface area (Å²) in [6, 6.07) is 18.1. The molecule has 2 heterocycles. The number of rotatable bonds is 2. The summed E-state index contributed by atoms with van der Waals surface area (Å²) in [7, 11) is 0. The van der Waals surface area contributed by atoms with Gasteiger partial charge in [0.25, 0.3) is 0 Å². The summed E-state index contributed by atoms with van der Waals surface area (Å²) in [6.45, 7) is 0. The summed E-state index contributed by atoms with van der Waals surface area (Å²) in [5, 5.41) is 2.83. The van der Waals surface area contributed by atoms with Crippen LogP contribution in [0.5, 0.6) is 0 Å². The van der Waals surface area contributed by atoms with Gasteiger partial charge in [0.15, 0.2) is 12.6 Å². The van der Waals surface area contributed by atoms with Gasteiger partial charge in [-0.3, -0.25) is 19.2 Å². The summed E-state index contributed by atoms with van der Waals surface area (Å²) in [5.41, 5.74) is 0.535. The summed E-state index contributed by atoms with van der Waals surface area (Å²) in [4.78, 5) is 44.5. The predicted molar refractivity (Wildman–Crippen MR) is 113 cm³/mol. The van der Waals surface area contributed by atoms with Crippen LogP contribution >= 0.6 is 0 Å². The molecule has 146 valence electrons. The van der Waals surface area contributed by atoms with Gasteiger partial charge >= 0.3 is 0 Å². The smallest absolute Gasteiger partial charge is 0.203 e. The van der Waals surface area contributed by atoms with Crippen molar-refractivity contribution in [3.8, 4) is 0 Å². The van der Waals surface area contributed by atoms with Crippen LogP contribution in [-0.2, 0) is 0 Å². The third kappa shape index (κ3) is 3.42. The van der Waals surface area contributed by atoms with Gasteiger partial charge < -0.3 is 8.83 Å². The lowest BCUT2D eigenvalue weighted by atomic mass is 10.1. The molecular weight excluding hydrogens is 384 g/mol. The van der Waals surface area contributed by atoms with Gasteiger partial charge in [-0.05, 0) is 35.0 Å². The highest BCUT2D eigenvalue weighted by Crippen LogP contribution is 2.20. The number of fused-ring (bicyclic) bond motifs is 3. The Labute approximate surface area is 169 Å². The Kier molecular flexibility index (Phi) is 5.05. The highest BCUT2D eigenvalue weighted by atomic mass is 16.3. The highest BCUT2D eigenvalue weighted by Gasteiger charge is 2.07. The first-order valence-corrected chi connectivity index (χ1v) is 8.97. The molecule has 5 rings (SSSR count). The van der Waals surface area contributed by atoms with E-state index in [-0.39, 0.29) is 22.0 Å². The van der Waals surface area contributed by atoms with Crippen molar-refractivity contribution in [2.75, 3.05) is 0 Å². The molecule has 0 atom stereocenters. The average molecular weight is 398 g/mol. The van der Waals surface area contributed by atoms with Gasteiger partial charge in [-0.25, -0.2) is 0 Å². The summed E-state index contributed by atoms with van der Waals surface area (Å²) >= 11 is 0. The maximum Gasteiger partial charge on any atom is 0.203 e. The molecule has 0 aliphatic heterocycles. The van der Waals surface area contributed by atoms with Crippen LogP contribution in [0, 0.1) is 0 Å². The van der Waals surface area contributed by atoms with Crippen molar-refractivity contribution in [3.05, 3.63) is 105 Å². The minimum atomic E-state index is -0.285. The zero-order valence-electron chi connectivity index (χ0n) is 15.5. The molecule has 5 aromatic rings. The van der Waals surface area contributed by atoms with Crippen molar-refractivity contribution < 1.29 is 18.4 Å². The molecule has 0 radical (unpaired) electrons. The molecule has 3 aromatic carbocycles. The zero-order chi connectivity index (χ0) is 21.1. The molecule has 0 saturated carbocycles. The fourth-order valence-corrected chi connectivity index (χ4v) is 3.09.